The molecule has 0 saturated heterocycles. The van der Waals surface area contributed by atoms with Gasteiger partial charge in [0.05, 0.1) is 9.95 Å². The standard InChI is InChI=1S/C16H13Cl2NO6/c17-11-1-6-15(14(18)9-11)25-10-16(20)24-8-7-23-13-4-2-12(3-5-13)19(21)22/h1-6,9H,7-8,10H2. The number of nitro groups is 1. The van der Waals surface area contributed by atoms with Crippen molar-refractivity contribution in [3.63, 3.8) is 0 Å². The van der Waals surface area contributed by atoms with Crippen LogP contribution in [0.2, 0.25) is 10.0 Å². The van der Waals surface area contributed by atoms with E-state index in [9.17, 15) is 14.9 Å². The van der Waals surface area contributed by atoms with Crippen LogP contribution in [-0.2, 0) is 9.53 Å². The summed E-state index contributed by atoms with van der Waals surface area (Å²) in [7, 11) is 0. The fourth-order valence-electron chi connectivity index (χ4n) is 1.75. The lowest BCUT2D eigenvalue weighted by Crippen LogP contribution is -2.18. The lowest BCUT2D eigenvalue weighted by atomic mass is 10.3. The van der Waals surface area contributed by atoms with E-state index in [4.69, 9.17) is 37.4 Å². The second kappa shape index (κ2) is 9.10. The van der Waals surface area contributed by atoms with E-state index in [1.165, 1.54) is 30.3 Å². The highest BCUT2D eigenvalue weighted by molar-refractivity contribution is 6.35. The third kappa shape index (κ3) is 6.13. The molecule has 2 aromatic carbocycles. The number of carbonyl (C=O) groups is 1. The van der Waals surface area contributed by atoms with Gasteiger partial charge in [0, 0.05) is 17.2 Å². The number of halogens is 2. The maximum Gasteiger partial charge on any atom is 0.344 e. The average molecular weight is 386 g/mol. The Labute approximate surface area is 153 Å². The fourth-order valence-corrected chi connectivity index (χ4v) is 2.21. The Balaban J connectivity index is 1.67. The van der Waals surface area contributed by atoms with E-state index >= 15 is 0 Å². The molecule has 0 saturated carbocycles. The minimum Gasteiger partial charge on any atom is -0.490 e. The second-order valence-corrected chi connectivity index (χ2v) is 5.53. The Morgan fingerprint density at radius 1 is 1.04 bits per heavy atom. The van der Waals surface area contributed by atoms with Crippen LogP contribution in [0.15, 0.2) is 42.5 Å². The number of rotatable bonds is 8. The van der Waals surface area contributed by atoms with Crippen LogP contribution in [0.3, 0.4) is 0 Å². The molecule has 7 nitrogen and oxygen atoms in total. The molecule has 0 aromatic heterocycles. The number of nitro benzene ring substituents is 1. The summed E-state index contributed by atoms with van der Waals surface area (Å²) in [5.74, 6) is 0.175. The molecular weight excluding hydrogens is 373 g/mol. The van der Waals surface area contributed by atoms with Crippen molar-refractivity contribution in [3.8, 4) is 11.5 Å². The highest BCUT2D eigenvalue weighted by atomic mass is 35.5. The number of nitrogens with zero attached hydrogens (tertiary/aromatic N) is 1. The number of ether oxygens (including phenoxy) is 3. The van der Waals surface area contributed by atoms with Gasteiger partial charge in [0.15, 0.2) is 6.61 Å². The minimum atomic E-state index is -0.585. The monoisotopic (exact) mass is 385 g/mol. The highest BCUT2D eigenvalue weighted by Crippen LogP contribution is 2.27. The molecule has 2 aromatic rings. The van der Waals surface area contributed by atoms with E-state index in [2.05, 4.69) is 0 Å². The summed E-state index contributed by atoms with van der Waals surface area (Å²) in [6.45, 7) is -0.197. The van der Waals surface area contributed by atoms with Gasteiger partial charge in [0.1, 0.15) is 24.7 Å². The molecule has 0 aliphatic carbocycles. The lowest BCUT2D eigenvalue weighted by molar-refractivity contribution is -0.384. The first-order valence-electron chi connectivity index (χ1n) is 7.06. The van der Waals surface area contributed by atoms with Crippen molar-refractivity contribution < 1.29 is 23.9 Å². The van der Waals surface area contributed by atoms with Gasteiger partial charge in [0.25, 0.3) is 5.69 Å². The van der Waals surface area contributed by atoms with Gasteiger partial charge >= 0.3 is 5.97 Å². The number of hydrogen-bond donors (Lipinski definition) is 0. The zero-order chi connectivity index (χ0) is 18.2. The van der Waals surface area contributed by atoms with Crippen LogP contribution in [0.4, 0.5) is 5.69 Å². The van der Waals surface area contributed by atoms with Crippen LogP contribution in [0.1, 0.15) is 0 Å². The lowest BCUT2D eigenvalue weighted by Gasteiger charge is -2.09. The van der Waals surface area contributed by atoms with Gasteiger partial charge in [-0.1, -0.05) is 23.2 Å². The molecule has 25 heavy (non-hydrogen) atoms. The van der Waals surface area contributed by atoms with Crippen LogP contribution in [-0.4, -0.2) is 30.7 Å². The molecule has 0 N–H and O–H groups in total. The molecule has 0 radical (unpaired) electrons. The van der Waals surface area contributed by atoms with Crippen molar-refractivity contribution in [2.24, 2.45) is 0 Å². The highest BCUT2D eigenvalue weighted by Gasteiger charge is 2.08. The summed E-state index contributed by atoms with van der Waals surface area (Å²) in [6, 6.07) is 10.2. The normalized spacial score (nSPS) is 10.2. The van der Waals surface area contributed by atoms with Gasteiger partial charge in [-0.05, 0) is 30.3 Å². The third-order valence-corrected chi connectivity index (χ3v) is 3.43. The number of benzene rings is 2. The number of hydrogen-bond acceptors (Lipinski definition) is 6. The van der Waals surface area contributed by atoms with Crippen molar-refractivity contribution in [2.75, 3.05) is 19.8 Å². The topological polar surface area (TPSA) is 87.9 Å². The van der Waals surface area contributed by atoms with Crippen LogP contribution in [0.25, 0.3) is 0 Å². The van der Waals surface area contributed by atoms with Gasteiger partial charge in [-0.2, -0.15) is 0 Å². The van der Waals surface area contributed by atoms with Crippen LogP contribution in [0, 0.1) is 10.1 Å². The third-order valence-electron chi connectivity index (χ3n) is 2.90. The van der Waals surface area contributed by atoms with Gasteiger partial charge < -0.3 is 14.2 Å². The van der Waals surface area contributed by atoms with E-state index in [0.29, 0.717) is 21.5 Å². The Morgan fingerprint density at radius 3 is 2.40 bits per heavy atom. The zero-order valence-corrected chi connectivity index (χ0v) is 14.3. The van der Waals surface area contributed by atoms with Gasteiger partial charge in [-0.25, -0.2) is 4.79 Å². The maximum absolute atomic E-state index is 11.6. The molecule has 0 aliphatic heterocycles. The zero-order valence-electron chi connectivity index (χ0n) is 12.8. The number of carbonyl (C=O) groups excluding carboxylic acids is 1. The quantitative estimate of drug-likeness (QED) is 0.296. The summed E-state index contributed by atoms with van der Waals surface area (Å²) in [6.07, 6.45) is 0. The molecule has 0 heterocycles. The Hall–Kier alpha value is -2.51. The maximum atomic E-state index is 11.6. The van der Waals surface area contributed by atoms with E-state index < -0.39 is 10.9 Å². The van der Waals surface area contributed by atoms with E-state index in [0.717, 1.165) is 0 Å². The first kappa shape index (κ1) is 18.8. The SMILES string of the molecule is O=C(COc1ccc(Cl)cc1Cl)OCCOc1ccc([N+](=O)[O-])cc1. The minimum absolute atomic E-state index is 0.00747. The number of esters is 1. The van der Waals surface area contributed by atoms with Crippen LogP contribution in [0.5, 0.6) is 11.5 Å². The average Bonchev–Trinajstić information content (AvgIpc) is 2.58. The molecule has 0 bridgehead atoms. The summed E-state index contributed by atoms with van der Waals surface area (Å²) in [4.78, 5) is 21.6. The summed E-state index contributed by atoms with van der Waals surface area (Å²) in [5, 5.41) is 11.3. The van der Waals surface area contributed by atoms with E-state index in [-0.39, 0.29) is 25.5 Å². The first-order chi connectivity index (χ1) is 12.0. The van der Waals surface area contributed by atoms with Crippen LogP contribution < -0.4 is 9.47 Å². The molecule has 0 amide bonds. The van der Waals surface area contributed by atoms with Crippen molar-refractivity contribution in [2.45, 2.75) is 0 Å². The number of non-ortho nitro benzene ring substituents is 1. The van der Waals surface area contributed by atoms with Gasteiger partial charge in [-0.3, -0.25) is 10.1 Å². The Morgan fingerprint density at radius 2 is 1.76 bits per heavy atom. The summed E-state index contributed by atoms with van der Waals surface area (Å²) in [5.41, 5.74) is -0.0308. The smallest absolute Gasteiger partial charge is 0.344 e. The second-order valence-electron chi connectivity index (χ2n) is 4.68. The van der Waals surface area contributed by atoms with Crippen molar-refractivity contribution >= 4 is 34.9 Å². The molecule has 2 rings (SSSR count). The van der Waals surface area contributed by atoms with E-state index in [1.807, 2.05) is 0 Å². The fraction of sp³-hybridized carbons (Fsp3) is 0.188. The molecule has 0 fully saturated rings. The predicted molar refractivity (Wildman–Crippen MR) is 91.5 cm³/mol. The van der Waals surface area contributed by atoms with E-state index in [1.54, 1.807) is 12.1 Å². The first-order valence-corrected chi connectivity index (χ1v) is 7.82. The predicted octanol–water partition coefficient (Wildman–Crippen LogP) is 3.90. The van der Waals surface area contributed by atoms with Gasteiger partial charge in [-0.15, -0.1) is 0 Å². The molecule has 0 spiro atoms. The molecule has 0 atom stereocenters. The molecular formula is C16H13Cl2NO6. The summed E-state index contributed by atoms with van der Waals surface area (Å²) >= 11 is 11.7. The van der Waals surface area contributed by atoms with Crippen molar-refractivity contribution in [1.82, 2.24) is 0 Å². The van der Waals surface area contributed by atoms with Crippen LogP contribution >= 0.6 is 23.2 Å². The molecule has 9 heteroatoms. The Kier molecular flexibility index (Phi) is 6.85. The molecule has 132 valence electrons. The van der Waals surface area contributed by atoms with Gasteiger partial charge in [0.2, 0.25) is 0 Å². The molecule has 0 aliphatic rings. The van der Waals surface area contributed by atoms with Crippen molar-refractivity contribution in [3.05, 3.63) is 62.6 Å². The summed E-state index contributed by atoms with van der Waals surface area (Å²) < 4.78 is 15.5. The largest absolute Gasteiger partial charge is 0.490 e. The van der Waals surface area contributed by atoms with Crippen molar-refractivity contribution in [1.29, 1.82) is 0 Å². The molecule has 0 unspecified atom stereocenters. The Bertz CT molecular complexity index is 751.